The minimum absolute atomic E-state index is 0.00756. The van der Waals surface area contributed by atoms with Crippen LogP contribution in [0.5, 0.6) is 5.75 Å². The molecule has 1 N–H and O–H groups in total. The molecule has 0 aliphatic carbocycles. The maximum absolute atomic E-state index is 5.87. The number of thiocarbonyl (C=S) groups is 1. The van der Waals surface area contributed by atoms with E-state index in [1.807, 2.05) is 36.5 Å². The van der Waals surface area contributed by atoms with Gasteiger partial charge in [0.25, 0.3) is 0 Å². The summed E-state index contributed by atoms with van der Waals surface area (Å²) in [6.07, 6.45) is 1.84. The Hall–Kier alpha value is -3.64. The first kappa shape index (κ1) is 22.2. The number of hydrogen-bond acceptors (Lipinski definition) is 3. The Morgan fingerprint density at radius 1 is 0.971 bits per heavy atom. The zero-order valence-electron chi connectivity index (χ0n) is 19.6. The molecule has 1 aliphatic rings. The second-order valence-electron chi connectivity index (χ2n) is 8.60. The van der Waals surface area contributed by atoms with Crippen LogP contribution in [-0.4, -0.2) is 26.7 Å². The highest BCUT2D eigenvalue weighted by molar-refractivity contribution is 7.80. The van der Waals surface area contributed by atoms with Crippen molar-refractivity contribution in [3.63, 3.8) is 0 Å². The van der Waals surface area contributed by atoms with Crippen LogP contribution < -0.4 is 10.1 Å². The van der Waals surface area contributed by atoms with Crippen LogP contribution in [0.2, 0.25) is 0 Å². The summed E-state index contributed by atoms with van der Waals surface area (Å²) in [6.45, 7) is 5.05. The number of ether oxygens (including phenoxy) is 1. The Morgan fingerprint density at radius 2 is 1.76 bits per heavy atom. The fourth-order valence-corrected chi connectivity index (χ4v) is 5.23. The average molecular weight is 469 g/mol. The van der Waals surface area contributed by atoms with Gasteiger partial charge in [-0.05, 0) is 67.5 Å². The number of nitrogens with zero attached hydrogens (tertiary/aromatic N) is 3. The van der Waals surface area contributed by atoms with Gasteiger partial charge in [-0.3, -0.25) is 4.98 Å². The molecule has 2 aromatic carbocycles. The number of methoxy groups -OCH3 is 1. The largest absolute Gasteiger partial charge is 0.497 e. The zero-order chi connectivity index (χ0) is 23.7. The lowest BCUT2D eigenvalue weighted by atomic mass is 9.96. The quantitative estimate of drug-likeness (QED) is 0.369. The first-order chi connectivity index (χ1) is 16.6. The normalized spacial score (nSPS) is 17.6. The molecule has 1 fully saturated rings. The smallest absolute Gasteiger partial charge is 0.170 e. The molecule has 0 radical (unpaired) electrons. The van der Waals surface area contributed by atoms with Gasteiger partial charge in [-0.2, -0.15) is 0 Å². The van der Waals surface area contributed by atoms with Crippen LogP contribution in [0.3, 0.4) is 0 Å². The van der Waals surface area contributed by atoms with Crippen molar-refractivity contribution in [2.24, 2.45) is 0 Å². The van der Waals surface area contributed by atoms with E-state index in [0.717, 1.165) is 34.5 Å². The lowest BCUT2D eigenvalue weighted by Gasteiger charge is -2.28. The molecule has 0 saturated carbocycles. The van der Waals surface area contributed by atoms with Gasteiger partial charge in [-0.25, -0.2) is 0 Å². The molecule has 3 heterocycles. The van der Waals surface area contributed by atoms with E-state index >= 15 is 0 Å². The summed E-state index contributed by atoms with van der Waals surface area (Å²) in [5, 5.41) is 4.31. The van der Waals surface area contributed by atoms with E-state index in [1.54, 1.807) is 7.11 Å². The lowest BCUT2D eigenvalue weighted by Crippen LogP contribution is -2.29. The summed E-state index contributed by atoms with van der Waals surface area (Å²) in [4.78, 5) is 6.97. The van der Waals surface area contributed by atoms with E-state index < -0.39 is 0 Å². The van der Waals surface area contributed by atoms with Crippen LogP contribution in [0.15, 0.2) is 85.1 Å². The zero-order valence-corrected chi connectivity index (χ0v) is 20.4. The Morgan fingerprint density at radius 3 is 2.50 bits per heavy atom. The molecule has 4 aromatic rings. The third-order valence-corrected chi connectivity index (χ3v) is 6.85. The molecular formula is C28H28N4OS. The van der Waals surface area contributed by atoms with Gasteiger partial charge >= 0.3 is 0 Å². The molecule has 5 rings (SSSR count). The number of rotatable bonds is 6. The van der Waals surface area contributed by atoms with Crippen molar-refractivity contribution in [1.82, 2.24) is 19.8 Å². The fraction of sp³-hybridized carbons (Fsp3) is 0.214. The molecule has 0 bridgehead atoms. The Kier molecular flexibility index (Phi) is 6.07. The van der Waals surface area contributed by atoms with Gasteiger partial charge in [0.1, 0.15) is 5.75 Å². The Labute approximate surface area is 206 Å². The van der Waals surface area contributed by atoms with Gasteiger partial charge < -0.3 is 19.5 Å². The summed E-state index contributed by atoms with van der Waals surface area (Å²) in [5.74, 6) is 0.840. The van der Waals surface area contributed by atoms with Gasteiger partial charge in [0.15, 0.2) is 5.11 Å². The van der Waals surface area contributed by atoms with Crippen LogP contribution in [0.1, 0.15) is 40.3 Å². The van der Waals surface area contributed by atoms with E-state index in [9.17, 15) is 0 Å². The first-order valence-corrected chi connectivity index (χ1v) is 11.8. The van der Waals surface area contributed by atoms with Crippen molar-refractivity contribution in [1.29, 1.82) is 0 Å². The van der Waals surface area contributed by atoms with Gasteiger partial charge in [-0.1, -0.05) is 42.5 Å². The van der Waals surface area contributed by atoms with E-state index in [2.05, 4.69) is 82.1 Å². The van der Waals surface area contributed by atoms with Crippen LogP contribution in [-0.2, 0) is 6.54 Å². The molecule has 6 heteroatoms. The number of nitrogens with one attached hydrogen (secondary N) is 1. The molecule has 0 spiro atoms. The van der Waals surface area contributed by atoms with Crippen molar-refractivity contribution in [2.75, 3.05) is 7.11 Å². The number of aryl methyl sites for hydroxylation is 1. The van der Waals surface area contributed by atoms with E-state index in [4.69, 9.17) is 17.0 Å². The topological polar surface area (TPSA) is 42.3 Å². The van der Waals surface area contributed by atoms with Crippen molar-refractivity contribution in [2.45, 2.75) is 32.5 Å². The van der Waals surface area contributed by atoms with Crippen LogP contribution >= 0.6 is 12.2 Å². The van der Waals surface area contributed by atoms with Crippen LogP contribution in [0.25, 0.3) is 5.69 Å². The molecule has 34 heavy (non-hydrogen) atoms. The summed E-state index contributed by atoms with van der Waals surface area (Å²) in [6, 6.07) is 26.9. The van der Waals surface area contributed by atoms with Gasteiger partial charge in [0, 0.05) is 35.9 Å². The summed E-state index contributed by atoms with van der Waals surface area (Å²) < 4.78 is 7.77. The SMILES string of the molecule is COc1cccc(-n2c(C)cc(C3C(c4ccccn4)NC(=S)N3Cc3ccccc3)c2C)c1. The van der Waals surface area contributed by atoms with E-state index in [1.165, 1.54) is 16.8 Å². The van der Waals surface area contributed by atoms with E-state index in [-0.39, 0.29) is 12.1 Å². The number of aromatic nitrogens is 2. The highest BCUT2D eigenvalue weighted by Crippen LogP contribution is 2.42. The second-order valence-corrected chi connectivity index (χ2v) is 8.99. The molecule has 0 amide bonds. The molecule has 2 atom stereocenters. The molecule has 1 aliphatic heterocycles. The van der Waals surface area contributed by atoms with Gasteiger partial charge in [-0.15, -0.1) is 0 Å². The molecule has 1 saturated heterocycles. The number of hydrogen-bond donors (Lipinski definition) is 1. The molecule has 5 nitrogen and oxygen atoms in total. The summed E-state index contributed by atoms with van der Waals surface area (Å²) in [5.41, 5.74) is 6.87. The van der Waals surface area contributed by atoms with Crippen molar-refractivity contribution >= 4 is 17.3 Å². The van der Waals surface area contributed by atoms with Crippen LogP contribution in [0.4, 0.5) is 0 Å². The lowest BCUT2D eigenvalue weighted by molar-refractivity contribution is 0.310. The minimum Gasteiger partial charge on any atom is -0.497 e. The predicted molar refractivity (Wildman–Crippen MR) is 139 cm³/mol. The second kappa shape index (κ2) is 9.31. The standard InChI is InChI=1S/C28H28N4OS/c1-19-16-24(20(2)32(19)22-12-9-13-23(17-22)33-3)27-26(25-14-7-8-15-29-25)30-28(34)31(27)18-21-10-5-4-6-11-21/h4-17,26-27H,18H2,1-3H3,(H,30,34). The predicted octanol–water partition coefficient (Wildman–Crippen LogP) is 5.67. The third-order valence-electron chi connectivity index (χ3n) is 6.49. The maximum atomic E-state index is 5.87. The van der Waals surface area contributed by atoms with Crippen molar-refractivity contribution in [3.8, 4) is 11.4 Å². The first-order valence-electron chi connectivity index (χ1n) is 11.4. The number of pyridine rings is 1. The molecular weight excluding hydrogens is 440 g/mol. The highest BCUT2D eigenvalue weighted by Gasteiger charge is 2.41. The Balaban J connectivity index is 1.62. The van der Waals surface area contributed by atoms with Gasteiger partial charge in [0.05, 0.1) is 24.9 Å². The maximum Gasteiger partial charge on any atom is 0.170 e. The average Bonchev–Trinajstić information content (AvgIpc) is 3.35. The van der Waals surface area contributed by atoms with Crippen LogP contribution in [0, 0.1) is 13.8 Å². The Bertz CT molecular complexity index is 1300. The van der Waals surface area contributed by atoms with Crippen molar-refractivity contribution in [3.05, 3.63) is 113 Å². The minimum atomic E-state index is -0.0447. The molecule has 2 unspecified atom stereocenters. The van der Waals surface area contributed by atoms with Crippen molar-refractivity contribution < 1.29 is 4.74 Å². The fourth-order valence-electron chi connectivity index (χ4n) is 4.93. The monoisotopic (exact) mass is 468 g/mol. The highest BCUT2D eigenvalue weighted by atomic mass is 32.1. The summed E-state index contributed by atoms with van der Waals surface area (Å²) in [7, 11) is 1.70. The summed E-state index contributed by atoms with van der Waals surface area (Å²) >= 11 is 5.87. The third kappa shape index (κ3) is 4.05. The van der Waals surface area contributed by atoms with Gasteiger partial charge in [0.2, 0.25) is 0 Å². The van der Waals surface area contributed by atoms with E-state index in [0.29, 0.717) is 0 Å². The number of benzene rings is 2. The molecule has 172 valence electrons. The molecule has 2 aromatic heterocycles.